The third-order valence-electron chi connectivity index (χ3n) is 5.24. The molecule has 4 aromatic rings. The molecule has 4 rings (SSSR count). The second-order valence-corrected chi connectivity index (χ2v) is 7.75. The predicted molar refractivity (Wildman–Crippen MR) is 117 cm³/mol. The average molecular weight is 423 g/mol. The number of rotatable bonds is 7. The third-order valence-corrected chi connectivity index (χ3v) is 5.47. The largest absolute Gasteiger partial charge is 0.351 e. The maximum Gasteiger partial charge on any atom is 0.274 e. The second-order valence-electron chi connectivity index (χ2n) is 7.31. The highest BCUT2D eigenvalue weighted by Crippen LogP contribution is 2.25. The Balaban J connectivity index is 1.41. The van der Waals surface area contributed by atoms with E-state index in [1.54, 1.807) is 4.90 Å². The van der Waals surface area contributed by atoms with Gasteiger partial charge in [-0.15, -0.1) is 0 Å². The van der Waals surface area contributed by atoms with Crippen molar-refractivity contribution in [3.63, 3.8) is 0 Å². The van der Waals surface area contributed by atoms with Crippen LogP contribution in [0.25, 0.3) is 22.5 Å². The maximum atomic E-state index is 12.9. The molecule has 7 heteroatoms. The van der Waals surface area contributed by atoms with E-state index < -0.39 is 0 Å². The van der Waals surface area contributed by atoms with E-state index in [0.717, 1.165) is 28.6 Å². The molecule has 1 amide bonds. The van der Waals surface area contributed by atoms with E-state index in [4.69, 9.17) is 16.1 Å². The van der Waals surface area contributed by atoms with Crippen LogP contribution in [0.5, 0.6) is 0 Å². The van der Waals surface area contributed by atoms with Crippen LogP contribution in [0.15, 0.2) is 59.1 Å². The van der Waals surface area contributed by atoms with Gasteiger partial charge in [-0.1, -0.05) is 54.0 Å². The standard InChI is InChI=1S/C23H23ClN4O2/c1-3-18(15-7-5-4-6-8-15)23(29)28(2)12-11-21-26-22(30-27-21)20-14-16-13-17(24)9-10-19(16)25-20/h4-10,13-14,18,25H,3,11-12H2,1-2H3/t18-/m0/s1. The van der Waals surface area contributed by atoms with Crippen LogP contribution in [0.4, 0.5) is 0 Å². The van der Waals surface area contributed by atoms with Crippen molar-refractivity contribution in [3.05, 3.63) is 71.0 Å². The molecule has 0 saturated heterocycles. The Morgan fingerprint density at radius 2 is 2.00 bits per heavy atom. The number of nitrogens with zero attached hydrogens (tertiary/aromatic N) is 3. The molecule has 0 aliphatic heterocycles. The van der Waals surface area contributed by atoms with Gasteiger partial charge in [0.05, 0.1) is 5.92 Å². The molecule has 0 aliphatic rings. The predicted octanol–water partition coefficient (Wildman–Crippen LogP) is 5.07. The fraction of sp³-hybridized carbons (Fsp3) is 0.261. The van der Waals surface area contributed by atoms with Gasteiger partial charge in [0.2, 0.25) is 5.91 Å². The number of fused-ring (bicyclic) bond motifs is 1. The van der Waals surface area contributed by atoms with Gasteiger partial charge in [-0.3, -0.25) is 4.79 Å². The molecule has 2 aromatic carbocycles. The van der Waals surface area contributed by atoms with Crippen LogP contribution < -0.4 is 0 Å². The summed E-state index contributed by atoms with van der Waals surface area (Å²) in [5.41, 5.74) is 2.73. The highest BCUT2D eigenvalue weighted by molar-refractivity contribution is 6.31. The highest BCUT2D eigenvalue weighted by atomic mass is 35.5. The topological polar surface area (TPSA) is 75.0 Å². The molecule has 0 unspecified atom stereocenters. The number of carbonyl (C=O) groups excluding carboxylic acids is 1. The summed E-state index contributed by atoms with van der Waals surface area (Å²) in [7, 11) is 1.82. The molecule has 0 aliphatic carbocycles. The summed E-state index contributed by atoms with van der Waals surface area (Å²) >= 11 is 6.05. The minimum Gasteiger partial charge on any atom is -0.351 e. The summed E-state index contributed by atoms with van der Waals surface area (Å²) in [5, 5.41) is 5.72. The van der Waals surface area contributed by atoms with Gasteiger partial charge in [-0.25, -0.2) is 0 Å². The highest BCUT2D eigenvalue weighted by Gasteiger charge is 2.22. The van der Waals surface area contributed by atoms with Crippen molar-refractivity contribution in [1.82, 2.24) is 20.0 Å². The van der Waals surface area contributed by atoms with Gasteiger partial charge in [-0.05, 0) is 36.2 Å². The van der Waals surface area contributed by atoms with Gasteiger partial charge in [0.15, 0.2) is 5.82 Å². The zero-order valence-electron chi connectivity index (χ0n) is 16.9. The van der Waals surface area contributed by atoms with Gasteiger partial charge >= 0.3 is 0 Å². The Kier molecular flexibility index (Phi) is 5.86. The van der Waals surface area contributed by atoms with E-state index >= 15 is 0 Å². The number of amides is 1. The quantitative estimate of drug-likeness (QED) is 0.451. The first-order valence-corrected chi connectivity index (χ1v) is 10.3. The number of H-pyrrole nitrogens is 1. The summed E-state index contributed by atoms with van der Waals surface area (Å²) in [4.78, 5) is 22.4. The van der Waals surface area contributed by atoms with E-state index in [1.807, 2.05) is 68.6 Å². The summed E-state index contributed by atoms with van der Waals surface area (Å²) in [5.74, 6) is 0.936. The van der Waals surface area contributed by atoms with Gasteiger partial charge in [-0.2, -0.15) is 4.98 Å². The molecule has 0 radical (unpaired) electrons. The van der Waals surface area contributed by atoms with Crippen LogP contribution in [0.1, 0.15) is 30.7 Å². The zero-order valence-corrected chi connectivity index (χ0v) is 17.7. The van der Waals surface area contributed by atoms with E-state index in [-0.39, 0.29) is 11.8 Å². The summed E-state index contributed by atoms with van der Waals surface area (Å²) in [6, 6.07) is 17.4. The second kappa shape index (κ2) is 8.71. The lowest BCUT2D eigenvalue weighted by molar-refractivity contribution is -0.131. The van der Waals surface area contributed by atoms with Gasteiger partial charge < -0.3 is 14.4 Å². The Morgan fingerprint density at radius 3 is 2.77 bits per heavy atom. The number of likely N-dealkylation sites (N-methyl/N-ethyl adjacent to an activating group) is 1. The van der Waals surface area contributed by atoms with Crippen LogP contribution in [-0.4, -0.2) is 39.5 Å². The number of hydrogen-bond acceptors (Lipinski definition) is 4. The number of nitrogens with one attached hydrogen (secondary N) is 1. The molecule has 1 atom stereocenters. The van der Waals surface area contributed by atoms with Gasteiger partial charge in [0.1, 0.15) is 5.69 Å². The Labute approximate surface area is 179 Å². The van der Waals surface area contributed by atoms with Crippen molar-refractivity contribution in [2.24, 2.45) is 0 Å². The lowest BCUT2D eigenvalue weighted by Crippen LogP contribution is -2.33. The van der Waals surface area contributed by atoms with Crippen LogP contribution in [0.2, 0.25) is 5.02 Å². The first-order valence-electron chi connectivity index (χ1n) is 9.96. The van der Waals surface area contributed by atoms with E-state index in [9.17, 15) is 4.79 Å². The zero-order chi connectivity index (χ0) is 21.1. The van der Waals surface area contributed by atoms with Gasteiger partial charge in [0, 0.05) is 35.9 Å². The third kappa shape index (κ3) is 4.24. The molecule has 1 N–H and O–H groups in total. The van der Waals surface area contributed by atoms with Crippen molar-refractivity contribution < 1.29 is 9.32 Å². The minimum absolute atomic E-state index is 0.0971. The van der Waals surface area contributed by atoms with E-state index in [2.05, 4.69) is 15.1 Å². The first kappa shape index (κ1) is 20.2. The monoisotopic (exact) mass is 422 g/mol. The number of carbonyl (C=O) groups is 1. The molecular weight excluding hydrogens is 400 g/mol. The summed E-state index contributed by atoms with van der Waals surface area (Å²) in [6.45, 7) is 2.55. The first-order chi connectivity index (χ1) is 14.5. The lowest BCUT2D eigenvalue weighted by atomic mass is 9.95. The Hall–Kier alpha value is -3.12. The Morgan fingerprint density at radius 1 is 1.20 bits per heavy atom. The smallest absolute Gasteiger partial charge is 0.274 e. The molecule has 2 aromatic heterocycles. The van der Waals surface area contributed by atoms with Crippen molar-refractivity contribution in [1.29, 1.82) is 0 Å². The summed E-state index contributed by atoms with van der Waals surface area (Å²) in [6.07, 6.45) is 1.27. The normalized spacial score (nSPS) is 12.2. The molecule has 6 nitrogen and oxygen atoms in total. The minimum atomic E-state index is -0.143. The lowest BCUT2D eigenvalue weighted by Gasteiger charge is -2.23. The van der Waals surface area contributed by atoms with Crippen molar-refractivity contribution in [2.75, 3.05) is 13.6 Å². The number of halogens is 1. The fourth-order valence-electron chi connectivity index (χ4n) is 3.57. The number of hydrogen-bond donors (Lipinski definition) is 1. The molecule has 0 bridgehead atoms. The molecular formula is C23H23ClN4O2. The number of aromatic nitrogens is 3. The Bertz CT molecular complexity index is 1150. The SMILES string of the molecule is CC[C@H](C(=O)N(C)CCc1noc(-c2cc3cc(Cl)ccc3[nH]2)n1)c1ccccc1. The molecule has 30 heavy (non-hydrogen) atoms. The molecule has 0 fully saturated rings. The molecule has 0 saturated carbocycles. The van der Waals surface area contributed by atoms with Crippen LogP contribution >= 0.6 is 11.6 Å². The molecule has 0 spiro atoms. The van der Waals surface area contributed by atoms with Crippen molar-refractivity contribution in [2.45, 2.75) is 25.7 Å². The average Bonchev–Trinajstić information content (AvgIpc) is 3.39. The van der Waals surface area contributed by atoms with E-state index in [0.29, 0.717) is 29.7 Å². The van der Waals surface area contributed by atoms with Gasteiger partial charge in [0.25, 0.3) is 5.89 Å². The maximum absolute atomic E-state index is 12.9. The van der Waals surface area contributed by atoms with Crippen LogP contribution in [-0.2, 0) is 11.2 Å². The van der Waals surface area contributed by atoms with Crippen molar-refractivity contribution >= 4 is 28.4 Å². The van der Waals surface area contributed by atoms with Crippen LogP contribution in [0.3, 0.4) is 0 Å². The molecule has 2 heterocycles. The summed E-state index contributed by atoms with van der Waals surface area (Å²) < 4.78 is 5.41. The number of aromatic amines is 1. The van der Waals surface area contributed by atoms with E-state index in [1.165, 1.54) is 0 Å². The molecule has 154 valence electrons. The fourth-order valence-corrected chi connectivity index (χ4v) is 3.75. The van der Waals surface area contributed by atoms with Crippen LogP contribution in [0, 0.1) is 0 Å². The van der Waals surface area contributed by atoms with Crippen molar-refractivity contribution in [3.8, 4) is 11.6 Å². The number of benzene rings is 2.